The first-order valence-corrected chi connectivity index (χ1v) is 12.8. The Hall–Kier alpha value is -0.660. The number of ether oxygens (including phenoxy) is 3. The lowest BCUT2D eigenvalue weighted by Crippen LogP contribution is -2.57. The smallest absolute Gasteiger partial charge is 0.340 e. The minimum Gasteiger partial charge on any atom is -0.358 e. The molecule has 0 fully saturated rings. The number of thiol groups is 3. The normalized spacial score (nSPS) is 17.4. The van der Waals surface area contributed by atoms with E-state index in [-0.39, 0.29) is 15.7 Å². The van der Waals surface area contributed by atoms with Gasteiger partial charge >= 0.3 is 17.1 Å². The van der Waals surface area contributed by atoms with Gasteiger partial charge in [-0.05, 0) is 40.0 Å². The van der Waals surface area contributed by atoms with Gasteiger partial charge in [0, 0.05) is 15.7 Å². The number of aromatic nitrogens is 3. The predicted molar refractivity (Wildman–Crippen MR) is 140 cm³/mol. The molecule has 0 aliphatic heterocycles. The molecule has 33 heavy (non-hydrogen) atoms. The summed E-state index contributed by atoms with van der Waals surface area (Å²) in [6.45, 7) is 11.4. The van der Waals surface area contributed by atoms with Gasteiger partial charge in [-0.2, -0.15) is 37.9 Å². The molecule has 192 valence electrons. The summed E-state index contributed by atoms with van der Waals surface area (Å²) >= 11 is 13.0. The molecule has 0 saturated carbocycles. The van der Waals surface area contributed by atoms with Crippen LogP contribution in [0.2, 0.25) is 0 Å². The van der Waals surface area contributed by atoms with E-state index < -0.39 is 35.8 Å². The maximum Gasteiger partial charge on any atom is 0.340 e. The first-order valence-electron chi connectivity index (χ1n) is 11.3. The van der Waals surface area contributed by atoms with Crippen molar-refractivity contribution in [3.05, 3.63) is 31.5 Å². The second-order valence-corrected chi connectivity index (χ2v) is 10.9. The van der Waals surface area contributed by atoms with Crippen LogP contribution in [0.4, 0.5) is 0 Å². The fraction of sp³-hybridized carbons (Fsp3) is 0.857. The molecule has 1 aromatic heterocycles. The predicted octanol–water partition coefficient (Wildman–Crippen LogP) is 2.90. The van der Waals surface area contributed by atoms with Crippen molar-refractivity contribution >= 4 is 37.9 Å². The van der Waals surface area contributed by atoms with Crippen molar-refractivity contribution in [3.63, 3.8) is 0 Å². The molecule has 1 aromatic rings. The number of hydrogen-bond donors (Lipinski definition) is 3. The van der Waals surface area contributed by atoms with Crippen LogP contribution >= 0.6 is 37.9 Å². The Bertz CT molecular complexity index is 752. The van der Waals surface area contributed by atoms with Gasteiger partial charge in [0.15, 0.2) is 0 Å². The minimum absolute atomic E-state index is 0.102. The van der Waals surface area contributed by atoms with Crippen LogP contribution in [0.1, 0.15) is 79.5 Å². The Morgan fingerprint density at radius 3 is 0.939 bits per heavy atom. The molecule has 0 saturated heterocycles. The molecule has 6 unspecified atom stereocenters. The van der Waals surface area contributed by atoms with Gasteiger partial charge in [-0.3, -0.25) is 0 Å². The zero-order chi connectivity index (χ0) is 25.3. The average Bonchev–Trinajstić information content (AvgIpc) is 2.66. The maximum atomic E-state index is 13.2. The molecular weight excluding hydrogens is 486 g/mol. The summed E-state index contributed by atoms with van der Waals surface area (Å²) in [6.07, 6.45) is -0.782. The molecule has 0 aromatic carbocycles. The number of nitrogens with zero attached hydrogens (tertiary/aromatic N) is 3. The van der Waals surface area contributed by atoms with Crippen LogP contribution in [-0.2, 0) is 14.2 Å². The van der Waals surface area contributed by atoms with Crippen molar-refractivity contribution in [1.29, 1.82) is 0 Å². The van der Waals surface area contributed by atoms with Crippen molar-refractivity contribution in [2.24, 2.45) is 0 Å². The van der Waals surface area contributed by atoms with Gasteiger partial charge in [0.1, 0.15) is 18.7 Å². The highest BCUT2D eigenvalue weighted by molar-refractivity contribution is 7.81. The van der Waals surface area contributed by atoms with Gasteiger partial charge in [-0.25, -0.2) is 28.1 Å². The number of hydrogen-bond acceptors (Lipinski definition) is 9. The molecule has 0 spiro atoms. The van der Waals surface area contributed by atoms with Gasteiger partial charge in [-0.15, -0.1) is 0 Å². The quantitative estimate of drug-likeness (QED) is 0.305. The van der Waals surface area contributed by atoms with E-state index in [0.29, 0.717) is 39.1 Å². The Balaban J connectivity index is 3.43. The topological polar surface area (TPSA) is 93.7 Å². The van der Waals surface area contributed by atoms with E-state index in [0.717, 1.165) is 13.7 Å². The number of rotatable bonds is 15. The summed E-state index contributed by atoms with van der Waals surface area (Å²) in [5, 5.41) is 0.305. The molecular formula is C21H39N3O6S3. The molecule has 12 heteroatoms. The third-order valence-electron chi connectivity index (χ3n) is 5.01. The first-order chi connectivity index (χ1) is 15.4. The van der Waals surface area contributed by atoms with Crippen LogP contribution in [0.3, 0.4) is 0 Å². The second-order valence-electron chi connectivity index (χ2n) is 8.28. The summed E-state index contributed by atoms with van der Waals surface area (Å²) < 4.78 is 19.9. The molecule has 0 aliphatic carbocycles. The fourth-order valence-electron chi connectivity index (χ4n) is 2.98. The third-order valence-corrected chi connectivity index (χ3v) is 5.79. The lowest BCUT2D eigenvalue weighted by Gasteiger charge is -2.24. The molecule has 0 amide bonds. The molecule has 0 radical (unpaired) electrons. The zero-order valence-electron chi connectivity index (χ0n) is 20.3. The van der Waals surface area contributed by atoms with Crippen LogP contribution in [-0.4, -0.2) is 49.3 Å². The summed E-state index contributed by atoms with van der Waals surface area (Å²) in [6, 6.07) is 0. The van der Waals surface area contributed by atoms with E-state index in [1.165, 1.54) is 0 Å². The lowest BCUT2D eigenvalue weighted by molar-refractivity contribution is -0.0274. The van der Waals surface area contributed by atoms with Gasteiger partial charge in [-0.1, -0.05) is 20.8 Å². The molecule has 0 N–H and O–H groups in total. The van der Waals surface area contributed by atoms with Crippen LogP contribution in [0.15, 0.2) is 14.4 Å². The van der Waals surface area contributed by atoms with E-state index in [9.17, 15) is 14.4 Å². The van der Waals surface area contributed by atoms with Crippen molar-refractivity contribution in [2.75, 3.05) is 19.8 Å². The Morgan fingerprint density at radius 2 is 0.758 bits per heavy atom. The Kier molecular flexibility index (Phi) is 13.5. The summed E-state index contributed by atoms with van der Waals surface area (Å²) in [5.41, 5.74) is -2.39. The second kappa shape index (κ2) is 14.7. The first kappa shape index (κ1) is 30.4. The monoisotopic (exact) mass is 525 g/mol. The minimum atomic E-state index is -0.899. The van der Waals surface area contributed by atoms with E-state index in [4.69, 9.17) is 14.2 Å². The maximum absolute atomic E-state index is 13.2. The van der Waals surface area contributed by atoms with Gasteiger partial charge in [0.25, 0.3) is 0 Å². The van der Waals surface area contributed by atoms with Crippen LogP contribution in [0, 0.1) is 0 Å². The molecule has 6 atom stereocenters. The van der Waals surface area contributed by atoms with Crippen LogP contribution < -0.4 is 17.1 Å². The van der Waals surface area contributed by atoms with Crippen LogP contribution in [0.5, 0.6) is 0 Å². The Morgan fingerprint density at radius 1 is 0.545 bits per heavy atom. The molecule has 1 rings (SSSR count). The van der Waals surface area contributed by atoms with Crippen molar-refractivity contribution in [3.8, 4) is 0 Å². The lowest BCUT2D eigenvalue weighted by atomic mass is 10.3. The van der Waals surface area contributed by atoms with Gasteiger partial charge < -0.3 is 14.2 Å². The van der Waals surface area contributed by atoms with Gasteiger partial charge in [0.05, 0.1) is 19.8 Å². The Labute approximate surface area is 212 Å². The summed E-state index contributed by atoms with van der Waals surface area (Å²) in [4.78, 5) is 39.7. The summed E-state index contributed by atoms with van der Waals surface area (Å²) in [5.74, 6) is 0. The highest BCUT2D eigenvalue weighted by atomic mass is 32.1. The molecule has 0 aliphatic rings. The molecule has 9 nitrogen and oxygen atoms in total. The van der Waals surface area contributed by atoms with Crippen molar-refractivity contribution in [1.82, 2.24) is 13.7 Å². The third kappa shape index (κ3) is 9.48. The van der Waals surface area contributed by atoms with E-state index in [1.54, 1.807) is 20.8 Å². The standard InChI is InChI=1S/C21H39N3O6S3/c1-13(31)7-10-28-16(4)22-19(25)23(17(5)29-11-8-14(2)32)21(27)24(20(22)26)18(6)30-12-9-15(3)33/h13-18,31-33H,7-12H2,1-6H3. The largest absolute Gasteiger partial charge is 0.358 e. The highest BCUT2D eigenvalue weighted by Gasteiger charge is 2.25. The van der Waals surface area contributed by atoms with Crippen LogP contribution in [0.25, 0.3) is 0 Å². The highest BCUT2D eigenvalue weighted by Crippen LogP contribution is 2.11. The van der Waals surface area contributed by atoms with E-state index in [1.807, 2.05) is 20.8 Å². The van der Waals surface area contributed by atoms with Crippen molar-refractivity contribution < 1.29 is 14.2 Å². The fourth-order valence-corrected chi connectivity index (χ4v) is 3.29. The van der Waals surface area contributed by atoms with Crippen molar-refractivity contribution in [2.45, 2.75) is 95.2 Å². The SMILES string of the molecule is CC(S)CCOC(C)n1c(=O)n(C(C)OCCC(C)S)c(=O)n(C(C)OCCC(C)S)c1=O. The molecule has 1 heterocycles. The van der Waals surface area contributed by atoms with E-state index in [2.05, 4.69) is 37.9 Å². The van der Waals surface area contributed by atoms with Gasteiger partial charge in [0.2, 0.25) is 0 Å². The zero-order valence-corrected chi connectivity index (χ0v) is 23.0. The summed E-state index contributed by atoms with van der Waals surface area (Å²) in [7, 11) is 0. The average molecular weight is 526 g/mol. The van der Waals surface area contributed by atoms with E-state index >= 15 is 0 Å². The molecule has 0 bridgehead atoms.